The van der Waals surface area contributed by atoms with Crippen molar-refractivity contribution in [3.63, 3.8) is 0 Å². The molecular weight excluding hydrogens is 897 g/mol. The highest BCUT2D eigenvalue weighted by atomic mass is 32.5. The highest BCUT2D eigenvalue weighted by Crippen LogP contribution is 2.66. The lowest BCUT2D eigenvalue weighted by atomic mass is 10.1. The Bertz CT molecular complexity index is 2550. The van der Waals surface area contributed by atoms with Crippen LogP contribution in [0.15, 0.2) is 55.1 Å². The van der Waals surface area contributed by atoms with Gasteiger partial charge in [0.25, 0.3) is 0 Å². The fourth-order valence-corrected chi connectivity index (χ4v) is 10.4. The Kier molecular flexibility index (Phi) is 14.5. The van der Waals surface area contributed by atoms with Gasteiger partial charge in [0.15, 0.2) is 23.8 Å². The van der Waals surface area contributed by atoms with Gasteiger partial charge in [-0.25, -0.2) is 33.2 Å². The Morgan fingerprint density at radius 1 is 0.919 bits per heavy atom. The average molecular weight is 944 g/mol. The second kappa shape index (κ2) is 19.1. The third-order valence-electron chi connectivity index (χ3n) is 9.49. The molecule has 2 aromatic carbocycles. The Labute approximate surface area is 358 Å². The summed E-state index contributed by atoms with van der Waals surface area (Å²) in [4.78, 5) is 80.1. The van der Waals surface area contributed by atoms with Gasteiger partial charge in [0.05, 0.1) is 12.9 Å². The van der Waals surface area contributed by atoms with Crippen molar-refractivity contribution in [3.8, 4) is 0 Å². The molecule has 6 atom stereocenters. The van der Waals surface area contributed by atoms with Crippen LogP contribution in [0.5, 0.6) is 0 Å². The zero-order valence-corrected chi connectivity index (χ0v) is 37.1. The number of carbonyl (C=O) groups excluding carboxylic acids is 2. The number of benzene rings is 2. The minimum Gasteiger partial charge on any atom is -0.440 e. The molecule has 0 spiro atoms. The van der Waals surface area contributed by atoms with Gasteiger partial charge >= 0.3 is 28.5 Å². The maximum Gasteiger partial charge on any atom is 0.488 e. The molecule has 0 saturated carbocycles. The molecule has 336 valence electrons. The number of phosphoric ester groups is 1. The summed E-state index contributed by atoms with van der Waals surface area (Å²) < 4.78 is 52.0. The van der Waals surface area contributed by atoms with Crippen LogP contribution in [0.3, 0.4) is 0 Å². The Morgan fingerprint density at radius 3 is 2.16 bits per heavy atom. The summed E-state index contributed by atoms with van der Waals surface area (Å²) in [7, 11) is -3.31. The van der Waals surface area contributed by atoms with E-state index in [4.69, 9.17) is 19.7 Å². The van der Waals surface area contributed by atoms with Gasteiger partial charge < -0.3 is 60.3 Å². The largest absolute Gasteiger partial charge is 0.488 e. The minimum atomic E-state index is -5.65. The quantitative estimate of drug-likeness (QED) is 0.0267. The normalized spacial score (nSPS) is 19.9. The van der Waals surface area contributed by atoms with Gasteiger partial charge in [-0.1, -0.05) is 0 Å². The van der Waals surface area contributed by atoms with E-state index >= 15 is 0 Å². The van der Waals surface area contributed by atoms with Crippen LogP contribution in [0, 0.1) is 0 Å². The number of nitrogens with zero attached hydrogens (tertiary/aromatic N) is 7. The van der Waals surface area contributed by atoms with Gasteiger partial charge in [-0.05, 0) is 42.1 Å². The molecule has 24 nitrogen and oxygen atoms in total. The van der Waals surface area contributed by atoms with Crippen molar-refractivity contribution in [1.29, 1.82) is 0 Å². The molecule has 5 aromatic rings. The lowest BCUT2D eigenvalue weighted by Gasteiger charge is -2.22. The summed E-state index contributed by atoms with van der Waals surface area (Å²) in [6.45, 7) is -5.43. The summed E-state index contributed by atoms with van der Waals surface area (Å²) in [5.41, 5.74) is 10.2. The Morgan fingerprint density at radius 2 is 1.55 bits per heavy atom. The van der Waals surface area contributed by atoms with E-state index in [1.165, 1.54) is 10.9 Å². The number of rotatable bonds is 18. The SMILES string of the molecule is CN(C)c1ccc2cc3ccc(N(C)C)cc3[n+](CCCC(=O)NCCNC(=O)O[C@H]3[C@@H](O)[C@H](n4cnc5c(N)ncnc54)O[C@@H]3COP(=O)(O)OP(=O)(O)OP(O)(O)=S)c2c1. The van der Waals surface area contributed by atoms with Gasteiger partial charge in [-0.15, -0.1) is 0 Å². The average Bonchev–Trinajstić information content (AvgIpc) is 3.74. The molecule has 4 heterocycles. The van der Waals surface area contributed by atoms with Gasteiger partial charge in [0.1, 0.15) is 30.6 Å². The molecule has 9 N–H and O–H groups in total. The number of aryl methyl sites for hydroxylation is 1. The predicted molar refractivity (Wildman–Crippen MR) is 227 cm³/mol. The first-order valence-electron chi connectivity index (χ1n) is 18.6. The number of carbonyl (C=O) groups is 2. The second-order valence-corrected chi connectivity index (χ2v) is 20.2. The molecule has 1 saturated heterocycles. The van der Waals surface area contributed by atoms with E-state index in [1.54, 1.807) is 0 Å². The molecule has 28 heteroatoms. The van der Waals surface area contributed by atoms with E-state index in [0.29, 0.717) is 13.0 Å². The number of nitrogens with one attached hydrogen (secondary N) is 2. The number of fused-ring (bicyclic) bond motifs is 3. The number of pyridine rings is 1. The number of ether oxygens (including phenoxy) is 2. The van der Waals surface area contributed by atoms with Crippen molar-refractivity contribution >= 4 is 96.3 Å². The molecule has 3 aromatic heterocycles. The van der Waals surface area contributed by atoms with Crippen molar-refractivity contribution in [2.75, 3.05) is 63.4 Å². The number of nitrogen functional groups attached to an aromatic ring is 1. The van der Waals surface area contributed by atoms with Crippen LogP contribution < -0.4 is 30.7 Å². The third kappa shape index (κ3) is 11.6. The molecule has 1 aliphatic rings. The van der Waals surface area contributed by atoms with Crippen molar-refractivity contribution in [1.82, 2.24) is 30.2 Å². The second-order valence-electron chi connectivity index (χ2n) is 14.3. The van der Waals surface area contributed by atoms with Crippen LogP contribution in [-0.2, 0) is 54.9 Å². The van der Waals surface area contributed by atoms with E-state index in [2.05, 4.69) is 93.0 Å². The lowest BCUT2D eigenvalue weighted by Crippen LogP contribution is -2.42. The number of alkyl carbamates (subject to hydrolysis) is 1. The number of aliphatic hydroxyl groups is 1. The molecule has 0 aliphatic carbocycles. The predicted octanol–water partition coefficient (Wildman–Crippen LogP) is 1.54. The van der Waals surface area contributed by atoms with Crippen LogP contribution in [0.2, 0.25) is 0 Å². The first-order valence-corrected chi connectivity index (χ1v) is 24.2. The number of aromatic nitrogens is 5. The van der Waals surface area contributed by atoms with Crippen LogP contribution in [0.25, 0.3) is 33.0 Å². The maximum atomic E-state index is 13.0. The molecule has 0 radical (unpaired) electrons. The van der Waals surface area contributed by atoms with Gasteiger partial charge in [0.2, 0.25) is 16.9 Å². The number of hydrogen-bond donors (Lipinski definition) is 8. The van der Waals surface area contributed by atoms with Crippen LogP contribution in [0.4, 0.5) is 22.0 Å². The number of aliphatic hydroxyl groups excluding tert-OH is 1. The number of nitrogens with two attached hydrogens (primary N) is 1. The number of anilines is 3. The van der Waals surface area contributed by atoms with Gasteiger partial charge in [0, 0.05) is 88.4 Å². The molecule has 62 heavy (non-hydrogen) atoms. The zero-order valence-electron chi connectivity index (χ0n) is 33.6. The van der Waals surface area contributed by atoms with E-state index in [9.17, 15) is 43.4 Å². The summed E-state index contributed by atoms with van der Waals surface area (Å²) in [5, 5.41) is 18.6. The van der Waals surface area contributed by atoms with E-state index in [-0.39, 0.29) is 42.4 Å². The molecule has 2 unspecified atom stereocenters. The van der Waals surface area contributed by atoms with E-state index < -0.39 is 59.6 Å². The number of hydrogen-bond acceptors (Lipinski definition) is 17. The summed E-state index contributed by atoms with van der Waals surface area (Å²) in [6.07, 6.45) is -4.45. The van der Waals surface area contributed by atoms with E-state index in [0.717, 1.165) is 39.5 Å². The molecule has 1 fully saturated rings. The van der Waals surface area contributed by atoms with E-state index in [1.807, 2.05) is 38.0 Å². The number of phosphoric acid groups is 2. The zero-order chi connectivity index (χ0) is 45.1. The van der Waals surface area contributed by atoms with Gasteiger partial charge in [-0.3, -0.25) is 13.9 Å². The third-order valence-corrected chi connectivity index (χ3v) is 13.9. The fourth-order valence-electron chi connectivity index (χ4n) is 6.64. The van der Waals surface area contributed by atoms with Crippen molar-refractivity contribution in [2.24, 2.45) is 0 Å². The van der Waals surface area contributed by atoms with Crippen molar-refractivity contribution in [2.45, 2.75) is 43.9 Å². The number of amides is 2. The summed E-state index contributed by atoms with van der Waals surface area (Å²) in [6, 6.07) is 14.7. The van der Waals surface area contributed by atoms with Crippen LogP contribution in [0.1, 0.15) is 19.1 Å². The lowest BCUT2D eigenvalue weighted by molar-refractivity contribution is -0.645. The Hall–Kier alpha value is -4.45. The van der Waals surface area contributed by atoms with Gasteiger partial charge in [-0.2, -0.15) is 8.88 Å². The smallest absolute Gasteiger partial charge is 0.440 e. The maximum absolute atomic E-state index is 13.0. The van der Waals surface area contributed by atoms with Crippen molar-refractivity contribution < 1.29 is 70.6 Å². The highest BCUT2D eigenvalue weighted by molar-refractivity contribution is 8.08. The highest BCUT2D eigenvalue weighted by Gasteiger charge is 2.49. The monoisotopic (exact) mass is 943 g/mol. The molecule has 1 aliphatic heterocycles. The molecular formula is C34H46N10O14P3S+. The molecule has 2 amide bonds. The first kappa shape index (κ1) is 47.0. The standard InChI is InChI=1S/C34H45N10O14P3S/c1-41(2)22-9-7-20-14-21-8-10-23(42(3)4)16-25(21)43(24(20)15-22)13-5-6-27(45)36-11-12-37-34(47)56-30-26(17-54-59(48,49)57-60(50,51)58-61(52,53)62)55-33(29(30)46)44-19-40-28-31(35)38-18-39-32(28)44/h7-10,14-16,18-19,26,29-30,33,46H,5-6,11-13,17H2,1-4H3,(H7-,35,36,37,38,39,45,47,48,49,50,51,52,53,62)/p+1/t26-,29-,30-,33-/m1/s1. The van der Waals surface area contributed by atoms with Crippen LogP contribution >= 0.6 is 22.4 Å². The number of imidazole rings is 1. The topological polar surface area (TPSA) is 320 Å². The molecule has 6 rings (SSSR count). The Balaban J connectivity index is 1.06. The molecule has 0 bridgehead atoms. The van der Waals surface area contributed by atoms with Crippen LogP contribution in [-0.4, -0.2) is 122 Å². The minimum absolute atomic E-state index is 0.000428. The summed E-state index contributed by atoms with van der Waals surface area (Å²) in [5.74, 6) is -0.267. The summed E-state index contributed by atoms with van der Waals surface area (Å²) >= 11 is 4.09. The fraction of sp³-hybridized carbons (Fsp3) is 0.412. The first-order chi connectivity index (χ1) is 29.1. The van der Waals surface area contributed by atoms with Crippen molar-refractivity contribution in [3.05, 3.63) is 55.1 Å².